The number of nitrogens with zero attached hydrogens (tertiary/aromatic N) is 1. The number of quaternary nitrogens is 1. The summed E-state index contributed by atoms with van der Waals surface area (Å²) in [6.07, 6.45) is 76.9. The zero-order chi connectivity index (χ0) is 57.2. The second-order valence-corrected chi connectivity index (χ2v) is 24.0. The van der Waals surface area contributed by atoms with Crippen molar-refractivity contribution in [3.63, 3.8) is 0 Å². The first-order chi connectivity index (χ1) is 37.9. The van der Waals surface area contributed by atoms with E-state index in [2.05, 4.69) is 111 Å². The number of hydrogen-bond donors (Lipinski definition) is 2. The van der Waals surface area contributed by atoms with Gasteiger partial charge in [0.15, 0.2) is 0 Å². The summed E-state index contributed by atoms with van der Waals surface area (Å²) in [4.78, 5) is 37.7. The molecule has 0 spiro atoms. The van der Waals surface area contributed by atoms with Crippen LogP contribution in [0, 0.1) is 0 Å². The van der Waals surface area contributed by atoms with Gasteiger partial charge in [0, 0.05) is 12.8 Å². The lowest BCUT2D eigenvalue weighted by Gasteiger charge is -2.27. The number of ether oxygens (including phenoxy) is 1. The molecule has 0 radical (unpaired) electrons. The van der Waals surface area contributed by atoms with Gasteiger partial charge in [0.25, 0.3) is 0 Å². The maximum atomic E-state index is 13.5. The van der Waals surface area contributed by atoms with E-state index >= 15 is 0 Å². The number of phosphoric acid groups is 1. The Hall–Kier alpha value is -3.07. The quantitative estimate of drug-likeness (QED) is 0.0205. The molecule has 0 bridgehead atoms. The lowest BCUT2D eigenvalue weighted by atomic mass is 10.0. The van der Waals surface area contributed by atoms with Gasteiger partial charge in [0.1, 0.15) is 19.3 Å². The van der Waals surface area contributed by atoms with E-state index < -0.39 is 20.0 Å². The number of carbonyl (C=O) groups excluding carboxylic acids is 2. The molecule has 2 N–H and O–H groups in total. The van der Waals surface area contributed by atoms with Crippen LogP contribution in [-0.4, -0.2) is 74.3 Å². The maximum Gasteiger partial charge on any atom is 0.472 e. The molecule has 0 saturated heterocycles. The molecule has 0 fully saturated rings. The van der Waals surface area contributed by atoms with Crippen molar-refractivity contribution in [1.29, 1.82) is 0 Å². The van der Waals surface area contributed by atoms with Crippen LogP contribution in [0.25, 0.3) is 0 Å². The molecular weight excluding hydrogens is 988 g/mol. The highest BCUT2D eigenvalue weighted by molar-refractivity contribution is 7.47. The third-order valence-corrected chi connectivity index (χ3v) is 14.7. The normalized spacial score (nSPS) is 14.3. The van der Waals surface area contributed by atoms with Gasteiger partial charge in [-0.2, -0.15) is 0 Å². The largest absolute Gasteiger partial charge is 0.472 e. The van der Waals surface area contributed by atoms with Crippen molar-refractivity contribution in [3.8, 4) is 0 Å². The second kappa shape index (κ2) is 57.2. The highest BCUT2D eigenvalue weighted by Gasteiger charge is 2.30. The van der Waals surface area contributed by atoms with Gasteiger partial charge in [-0.15, -0.1) is 0 Å². The Morgan fingerprint density at radius 3 is 1.26 bits per heavy atom. The van der Waals surface area contributed by atoms with Gasteiger partial charge in [-0.05, 0) is 109 Å². The molecule has 0 aliphatic heterocycles. The fourth-order valence-electron chi connectivity index (χ4n) is 8.82. The summed E-state index contributed by atoms with van der Waals surface area (Å²) in [5.74, 6) is -0.530. The Morgan fingerprint density at radius 2 is 0.821 bits per heavy atom. The predicted molar refractivity (Wildman–Crippen MR) is 337 cm³/mol. The van der Waals surface area contributed by atoms with Crippen molar-refractivity contribution >= 4 is 19.7 Å². The number of likely N-dealkylation sites (N-methyl/N-ethyl adjacent to an activating group) is 1. The van der Waals surface area contributed by atoms with Crippen molar-refractivity contribution in [1.82, 2.24) is 5.32 Å². The van der Waals surface area contributed by atoms with E-state index in [4.69, 9.17) is 13.8 Å². The molecule has 3 unspecified atom stereocenters. The van der Waals surface area contributed by atoms with Crippen molar-refractivity contribution in [2.45, 2.75) is 283 Å². The van der Waals surface area contributed by atoms with Crippen molar-refractivity contribution < 1.29 is 37.3 Å². The van der Waals surface area contributed by atoms with Gasteiger partial charge in [-0.1, -0.05) is 247 Å². The summed E-state index contributed by atoms with van der Waals surface area (Å²) >= 11 is 0. The zero-order valence-electron chi connectivity index (χ0n) is 51.4. The number of esters is 1. The van der Waals surface area contributed by atoms with Gasteiger partial charge in [-0.25, -0.2) is 4.57 Å². The Labute approximate surface area is 481 Å². The first-order valence-corrected chi connectivity index (χ1v) is 33.6. The molecule has 0 heterocycles. The van der Waals surface area contributed by atoms with Crippen LogP contribution in [0.1, 0.15) is 271 Å². The fourth-order valence-corrected chi connectivity index (χ4v) is 9.56. The minimum atomic E-state index is -4.46. The van der Waals surface area contributed by atoms with Gasteiger partial charge in [0.05, 0.1) is 33.8 Å². The highest BCUT2D eigenvalue weighted by Crippen LogP contribution is 2.43. The molecule has 0 aliphatic rings. The molecule has 0 aromatic carbocycles. The van der Waals surface area contributed by atoms with Crippen LogP contribution in [0.2, 0.25) is 0 Å². The molecule has 3 atom stereocenters. The molecule has 0 aromatic rings. The monoisotopic (exact) mass is 1110 g/mol. The van der Waals surface area contributed by atoms with Gasteiger partial charge in [-0.3, -0.25) is 18.6 Å². The first-order valence-electron chi connectivity index (χ1n) is 32.1. The number of phosphoric ester groups is 1. The van der Waals surface area contributed by atoms with E-state index in [1.165, 1.54) is 109 Å². The van der Waals surface area contributed by atoms with E-state index in [1.807, 2.05) is 33.3 Å². The summed E-state index contributed by atoms with van der Waals surface area (Å²) in [5, 5.41) is 3.05. The lowest BCUT2D eigenvalue weighted by Crippen LogP contribution is -2.47. The second-order valence-electron chi connectivity index (χ2n) is 22.5. The van der Waals surface area contributed by atoms with Gasteiger partial charge < -0.3 is 19.4 Å². The van der Waals surface area contributed by atoms with Crippen molar-refractivity contribution in [2.75, 3.05) is 40.9 Å². The summed E-state index contributed by atoms with van der Waals surface area (Å²) in [7, 11) is 1.47. The van der Waals surface area contributed by atoms with Crippen LogP contribution in [-0.2, 0) is 27.9 Å². The number of allylic oxidation sites excluding steroid dienone is 15. The Bertz CT molecular complexity index is 1660. The van der Waals surface area contributed by atoms with Crippen LogP contribution in [0.5, 0.6) is 0 Å². The number of rotatable bonds is 57. The van der Waals surface area contributed by atoms with Gasteiger partial charge >= 0.3 is 13.8 Å². The molecule has 450 valence electrons. The molecule has 9 nitrogen and oxygen atoms in total. The van der Waals surface area contributed by atoms with E-state index in [0.29, 0.717) is 17.4 Å². The minimum Gasteiger partial charge on any atom is -0.456 e. The summed E-state index contributed by atoms with van der Waals surface area (Å²) in [6, 6.07) is -0.863. The Balaban J connectivity index is 5.15. The molecule has 0 aromatic heterocycles. The minimum absolute atomic E-state index is 0.0322. The summed E-state index contributed by atoms with van der Waals surface area (Å²) < 4.78 is 30.7. The zero-order valence-corrected chi connectivity index (χ0v) is 52.3. The molecule has 78 heavy (non-hydrogen) atoms. The third-order valence-electron chi connectivity index (χ3n) is 13.8. The molecule has 0 aliphatic carbocycles. The average Bonchev–Trinajstić information content (AvgIpc) is 3.40. The lowest BCUT2D eigenvalue weighted by molar-refractivity contribution is -0.870. The van der Waals surface area contributed by atoms with Crippen LogP contribution in [0.4, 0.5) is 0 Å². The summed E-state index contributed by atoms with van der Waals surface area (Å²) in [5.41, 5.74) is 0. The van der Waals surface area contributed by atoms with E-state index in [0.717, 1.165) is 128 Å². The molecule has 0 saturated carbocycles. The van der Waals surface area contributed by atoms with Crippen LogP contribution in [0.3, 0.4) is 0 Å². The number of nitrogens with one attached hydrogen (secondary N) is 1. The van der Waals surface area contributed by atoms with Crippen molar-refractivity contribution in [2.24, 2.45) is 0 Å². The number of carbonyl (C=O) groups is 2. The Morgan fingerprint density at radius 1 is 0.462 bits per heavy atom. The number of hydrogen-bond acceptors (Lipinski definition) is 6. The summed E-state index contributed by atoms with van der Waals surface area (Å²) in [6.45, 7) is 6.85. The SMILES string of the molecule is CC/C=C/C/C=C/C/C=C/CCCCCCCCC(=O)NC(COP(=O)(O)OCC[N+](C)(C)C)C(/C=C\CCCCCCCCCCC)OC(=O)CCCCCCCCCCC/C=C\C/C=C\C/C=C\C/C=C\CCCCC. The van der Waals surface area contributed by atoms with Crippen LogP contribution < -0.4 is 5.32 Å². The Kier molecular flexibility index (Phi) is 54.9. The number of unbranched alkanes of at least 4 members (excludes halogenated alkanes) is 27. The molecule has 0 rings (SSSR count). The van der Waals surface area contributed by atoms with Crippen molar-refractivity contribution in [3.05, 3.63) is 97.2 Å². The standard InChI is InChI=1S/C68H121N2O7P/c1-7-10-13-16-19-22-25-27-29-31-32-33-34-35-36-37-38-39-41-43-46-49-52-55-58-61-68(72)77-66(59-56-53-50-47-44-24-21-18-15-12-9-3)65(64-76-78(73,74)75-63-62-70(4,5)6)69-67(71)60-57-54-51-48-45-42-40-30-28-26-23-20-17-14-11-8-2/h11,14,19-20,22-23,27-30,32-33,35-36,56,59,65-66H,7-10,12-13,15-18,21,24-26,31,34,37-55,57-58,60-64H2,1-6H3,(H-,69,71,73,74)/p+1/b14-11+,22-19-,23-20+,29-27-,30-28+,33-32-,36-35-,59-56-. The predicted octanol–water partition coefficient (Wildman–Crippen LogP) is 19.9. The molecule has 10 heteroatoms. The molecule has 1 amide bonds. The van der Waals surface area contributed by atoms with E-state index in [9.17, 15) is 19.0 Å². The molecular formula is C68H122N2O7P+. The third kappa shape index (κ3) is 57.6. The highest BCUT2D eigenvalue weighted by atomic mass is 31.2. The van der Waals surface area contributed by atoms with E-state index in [-0.39, 0.29) is 31.5 Å². The maximum absolute atomic E-state index is 13.5. The average molecular weight is 1110 g/mol. The smallest absolute Gasteiger partial charge is 0.456 e. The topological polar surface area (TPSA) is 111 Å². The van der Waals surface area contributed by atoms with E-state index in [1.54, 1.807) is 0 Å². The van der Waals surface area contributed by atoms with Crippen LogP contribution in [0.15, 0.2) is 97.2 Å². The first kappa shape index (κ1) is 74.9. The number of amides is 1. The van der Waals surface area contributed by atoms with Crippen LogP contribution >= 0.6 is 7.82 Å². The fraction of sp³-hybridized carbons (Fsp3) is 0.735. The van der Waals surface area contributed by atoms with Gasteiger partial charge in [0.2, 0.25) is 5.91 Å².